The highest BCUT2D eigenvalue weighted by Crippen LogP contribution is 2.56. The van der Waals surface area contributed by atoms with Crippen molar-refractivity contribution in [3.63, 3.8) is 0 Å². The summed E-state index contributed by atoms with van der Waals surface area (Å²) in [6, 6.07) is 2.28. The number of carbonyl (C=O) groups is 1. The number of rotatable bonds is 4. The lowest BCUT2D eigenvalue weighted by molar-refractivity contribution is 0.0652. The van der Waals surface area contributed by atoms with Gasteiger partial charge in [0, 0.05) is 48.9 Å². The van der Waals surface area contributed by atoms with Crippen LogP contribution in [0.5, 0.6) is 0 Å². The number of allylic oxidation sites excluding steroid dienone is 1. The summed E-state index contributed by atoms with van der Waals surface area (Å²) in [5.41, 5.74) is 2.82. The topological polar surface area (TPSA) is 74.4 Å². The maximum absolute atomic E-state index is 14.0. The molecule has 0 spiro atoms. The van der Waals surface area contributed by atoms with E-state index in [1.807, 2.05) is 0 Å². The van der Waals surface area contributed by atoms with E-state index in [9.17, 15) is 10.1 Å². The Bertz CT molecular complexity index is 952. The van der Waals surface area contributed by atoms with Gasteiger partial charge in [0.2, 0.25) is 0 Å². The number of nitriles is 1. The van der Waals surface area contributed by atoms with E-state index >= 15 is 0 Å². The first-order valence-electron chi connectivity index (χ1n) is 12.4. The number of hydrogen-bond donors (Lipinski definition) is 0. The second kappa shape index (κ2) is 8.22. The molecule has 32 heavy (non-hydrogen) atoms. The van der Waals surface area contributed by atoms with Crippen molar-refractivity contribution >= 4 is 11.7 Å². The van der Waals surface area contributed by atoms with Crippen molar-refractivity contribution in [2.45, 2.75) is 83.3 Å². The van der Waals surface area contributed by atoms with E-state index in [0.29, 0.717) is 11.6 Å². The molecule has 0 radical (unpaired) electrons. The van der Waals surface area contributed by atoms with Crippen molar-refractivity contribution in [1.82, 2.24) is 14.7 Å². The minimum atomic E-state index is -0.362. The first-order valence-corrected chi connectivity index (χ1v) is 12.4. The summed E-state index contributed by atoms with van der Waals surface area (Å²) in [6.07, 6.45) is 5.81. The lowest BCUT2D eigenvalue weighted by Gasteiger charge is -2.41. The zero-order valence-electron chi connectivity index (χ0n) is 19.6. The van der Waals surface area contributed by atoms with Gasteiger partial charge in [-0.05, 0) is 58.3 Å². The van der Waals surface area contributed by atoms with Crippen molar-refractivity contribution in [3.05, 3.63) is 23.5 Å². The van der Waals surface area contributed by atoms with Crippen LogP contribution in [-0.4, -0.2) is 52.4 Å². The van der Waals surface area contributed by atoms with Gasteiger partial charge >= 0.3 is 0 Å². The van der Waals surface area contributed by atoms with E-state index in [1.165, 1.54) is 12.8 Å². The number of likely N-dealkylation sites (tertiary alicyclic amines) is 1. The van der Waals surface area contributed by atoms with Gasteiger partial charge in [-0.2, -0.15) is 10.4 Å². The summed E-state index contributed by atoms with van der Waals surface area (Å²) in [5, 5.41) is 14.8. The Labute approximate surface area is 191 Å². The summed E-state index contributed by atoms with van der Waals surface area (Å²) in [7, 11) is 0. The standard InChI is InChI=1S/C25H35N5O2/c1-5-28-17(4)16(3)21(18-7-8-18)22-23(25(31)29-15(2)6-9-20(29)14-26)27-30(24(22)28)19-10-12-32-13-11-19/h15-16,18-21H,4-13H2,1-3H3/t15-,16-,20+,21+/m1/s1. The second-order valence-electron chi connectivity index (χ2n) is 10.0. The van der Waals surface area contributed by atoms with Gasteiger partial charge in [-0.15, -0.1) is 0 Å². The molecular formula is C25H35N5O2. The first kappa shape index (κ1) is 21.5. The quantitative estimate of drug-likeness (QED) is 0.705. The highest BCUT2D eigenvalue weighted by atomic mass is 16.5. The Morgan fingerprint density at radius 2 is 1.91 bits per heavy atom. The van der Waals surface area contributed by atoms with E-state index in [-0.39, 0.29) is 35.9 Å². The molecule has 1 aliphatic carbocycles. The van der Waals surface area contributed by atoms with Crippen molar-refractivity contribution in [2.75, 3.05) is 24.7 Å². The largest absolute Gasteiger partial charge is 0.381 e. The van der Waals surface area contributed by atoms with Gasteiger partial charge in [-0.1, -0.05) is 13.5 Å². The molecule has 5 rings (SSSR count). The van der Waals surface area contributed by atoms with Crippen molar-refractivity contribution in [3.8, 4) is 6.07 Å². The SMILES string of the molecule is C=C1[C@@H](C)[C@@H](C2CC2)c2c(C(=O)N3[C@H](C)CC[C@H]3C#N)nn(C3CCOCC3)c2N1CC. The monoisotopic (exact) mass is 437 g/mol. The third kappa shape index (κ3) is 3.26. The number of aromatic nitrogens is 2. The highest BCUT2D eigenvalue weighted by Gasteiger charge is 2.49. The smallest absolute Gasteiger partial charge is 0.276 e. The molecule has 0 bridgehead atoms. The number of ether oxygens (including phenoxy) is 1. The molecule has 7 heteroatoms. The fraction of sp³-hybridized carbons (Fsp3) is 0.720. The molecule has 4 atom stereocenters. The van der Waals surface area contributed by atoms with Crippen LogP contribution >= 0.6 is 0 Å². The zero-order valence-corrected chi connectivity index (χ0v) is 19.6. The van der Waals surface area contributed by atoms with Crippen molar-refractivity contribution < 1.29 is 9.53 Å². The fourth-order valence-electron chi connectivity index (χ4n) is 6.22. The van der Waals surface area contributed by atoms with Gasteiger partial charge in [0.1, 0.15) is 11.9 Å². The number of fused-ring (bicyclic) bond motifs is 1. The minimum Gasteiger partial charge on any atom is -0.381 e. The molecule has 172 valence electrons. The lowest BCUT2D eigenvalue weighted by atomic mass is 9.77. The Balaban J connectivity index is 1.68. The molecule has 3 aliphatic heterocycles. The number of anilines is 1. The normalized spacial score (nSPS) is 31.0. The van der Waals surface area contributed by atoms with E-state index in [1.54, 1.807) is 4.90 Å². The van der Waals surface area contributed by atoms with Crippen LogP contribution in [-0.2, 0) is 4.74 Å². The molecule has 0 aromatic carbocycles. The van der Waals surface area contributed by atoms with E-state index in [4.69, 9.17) is 9.84 Å². The Morgan fingerprint density at radius 1 is 1.19 bits per heavy atom. The summed E-state index contributed by atoms with van der Waals surface area (Å²) >= 11 is 0. The molecule has 0 unspecified atom stereocenters. The first-order chi connectivity index (χ1) is 15.5. The second-order valence-corrected chi connectivity index (χ2v) is 10.0. The van der Waals surface area contributed by atoms with Gasteiger partial charge in [-0.3, -0.25) is 4.79 Å². The van der Waals surface area contributed by atoms with E-state index in [2.05, 4.69) is 43.0 Å². The average molecular weight is 438 g/mol. The number of nitrogens with zero attached hydrogens (tertiary/aromatic N) is 5. The van der Waals surface area contributed by atoms with Crippen molar-refractivity contribution in [2.24, 2.45) is 11.8 Å². The molecule has 1 saturated carbocycles. The average Bonchev–Trinajstić information content (AvgIpc) is 3.46. The third-order valence-corrected chi connectivity index (χ3v) is 8.16. The van der Waals surface area contributed by atoms with Crippen LogP contribution in [0.3, 0.4) is 0 Å². The van der Waals surface area contributed by atoms with Crippen molar-refractivity contribution in [1.29, 1.82) is 5.26 Å². The minimum absolute atomic E-state index is 0.0636. The Kier molecular flexibility index (Phi) is 5.53. The maximum atomic E-state index is 14.0. The van der Waals surface area contributed by atoms with Gasteiger partial charge in [0.25, 0.3) is 5.91 Å². The predicted octanol–water partition coefficient (Wildman–Crippen LogP) is 4.23. The van der Waals surface area contributed by atoms with E-state index < -0.39 is 0 Å². The van der Waals surface area contributed by atoms with Gasteiger partial charge in [0.05, 0.1) is 12.1 Å². The molecule has 0 N–H and O–H groups in total. The van der Waals surface area contributed by atoms with Crippen LogP contribution in [0.25, 0.3) is 0 Å². The number of hydrogen-bond acceptors (Lipinski definition) is 5. The number of amides is 1. The fourth-order valence-corrected chi connectivity index (χ4v) is 6.22. The van der Waals surface area contributed by atoms with Crippen LogP contribution in [0.15, 0.2) is 12.3 Å². The van der Waals surface area contributed by atoms with Gasteiger partial charge in [-0.25, -0.2) is 4.68 Å². The summed E-state index contributed by atoms with van der Waals surface area (Å²) in [5.74, 6) is 2.14. The molecular weight excluding hydrogens is 402 g/mol. The number of carbonyl (C=O) groups excluding carboxylic acids is 1. The van der Waals surface area contributed by atoms with Crippen LogP contribution < -0.4 is 4.90 Å². The predicted molar refractivity (Wildman–Crippen MR) is 122 cm³/mol. The van der Waals surface area contributed by atoms with Gasteiger partial charge < -0.3 is 14.5 Å². The summed E-state index contributed by atoms with van der Waals surface area (Å²) in [6.45, 7) is 13.2. The molecule has 2 saturated heterocycles. The van der Waals surface area contributed by atoms with Gasteiger partial charge in [0.15, 0.2) is 5.69 Å². The summed E-state index contributed by atoms with van der Waals surface area (Å²) < 4.78 is 7.75. The lowest BCUT2D eigenvalue weighted by Crippen LogP contribution is -2.41. The highest BCUT2D eigenvalue weighted by molar-refractivity contribution is 5.96. The third-order valence-electron chi connectivity index (χ3n) is 8.16. The maximum Gasteiger partial charge on any atom is 0.276 e. The molecule has 4 aliphatic rings. The van der Waals surface area contributed by atoms with E-state index in [0.717, 1.165) is 62.5 Å². The Morgan fingerprint density at radius 3 is 2.53 bits per heavy atom. The Hall–Kier alpha value is -2.33. The molecule has 1 aromatic rings. The molecule has 1 aromatic heterocycles. The zero-order chi connectivity index (χ0) is 22.6. The molecule has 7 nitrogen and oxygen atoms in total. The van der Waals surface area contributed by atoms with Crippen LogP contribution in [0.4, 0.5) is 5.82 Å². The molecule has 1 amide bonds. The molecule has 4 heterocycles. The van der Waals surface area contributed by atoms with Crippen LogP contribution in [0.2, 0.25) is 0 Å². The summed E-state index contributed by atoms with van der Waals surface area (Å²) in [4.78, 5) is 18.1. The van der Waals surface area contributed by atoms with Crippen LogP contribution in [0.1, 0.15) is 87.3 Å². The molecule has 3 fully saturated rings. The van der Waals surface area contributed by atoms with Crippen LogP contribution in [0, 0.1) is 23.2 Å².